The summed E-state index contributed by atoms with van der Waals surface area (Å²) < 4.78 is 6.29. The monoisotopic (exact) mass is 372 g/mol. The first-order valence-corrected chi connectivity index (χ1v) is 9.80. The molecule has 128 valence electrons. The Morgan fingerprint density at radius 2 is 2.12 bits per heavy atom. The van der Waals surface area contributed by atoms with E-state index in [4.69, 9.17) is 4.74 Å². The number of aryl methyl sites for hydroxylation is 1. The van der Waals surface area contributed by atoms with E-state index in [0.717, 1.165) is 29.0 Å². The summed E-state index contributed by atoms with van der Waals surface area (Å²) in [5.74, 6) is 2.12. The third-order valence-corrected chi connectivity index (χ3v) is 6.74. The van der Waals surface area contributed by atoms with Gasteiger partial charge in [-0.15, -0.1) is 23.1 Å². The molecule has 0 radical (unpaired) electrons. The molecule has 3 aromatic rings. The van der Waals surface area contributed by atoms with Gasteiger partial charge < -0.3 is 9.72 Å². The number of methoxy groups -OCH3 is 1. The fourth-order valence-corrected chi connectivity index (χ4v) is 5.51. The normalized spacial score (nSPS) is 13.6. The van der Waals surface area contributed by atoms with Gasteiger partial charge in [-0.1, -0.05) is 0 Å². The van der Waals surface area contributed by atoms with Gasteiger partial charge in [0.15, 0.2) is 5.78 Å². The van der Waals surface area contributed by atoms with Gasteiger partial charge >= 0.3 is 0 Å². The van der Waals surface area contributed by atoms with Crippen LogP contribution in [-0.2, 0) is 12.8 Å². The van der Waals surface area contributed by atoms with Gasteiger partial charge in [0, 0.05) is 5.56 Å². The van der Waals surface area contributed by atoms with E-state index in [1.807, 2.05) is 0 Å². The fourth-order valence-electron chi connectivity index (χ4n) is 2.96. The fraction of sp³-hybridized carbons (Fsp3) is 0.278. The Hall–Kier alpha value is -2.12. The highest BCUT2D eigenvalue weighted by atomic mass is 32.2. The van der Waals surface area contributed by atoms with Gasteiger partial charge in [-0.2, -0.15) is 0 Å². The number of ether oxygens (including phenoxy) is 1. The van der Waals surface area contributed by atoms with Gasteiger partial charge in [-0.05, 0) is 48.4 Å². The number of aromatic amines is 1. The molecule has 0 saturated heterocycles. The largest absolute Gasteiger partial charge is 0.497 e. The van der Waals surface area contributed by atoms with Crippen LogP contribution in [0.5, 0.6) is 5.75 Å². The number of aromatic nitrogens is 2. The van der Waals surface area contributed by atoms with Crippen molar-refractivity contribution in [3.05, 3.63) is 51.6 Å². The highest BCUT2D eigenvalue weighted by Gasteiger charge is 2.21. The van der Waals surface area contributed by atoms with Crippen molar-refractivity contribution in [2.24, 2.45) is 0 Å². The molecule has 2 aromatic heterocycles. The Morgan fingerprint density at radius 3 is 2.88 bits per heavy atom. The predicted octanol–water partition coefficient (Wildman–Crippen LogP) is 3.46. The van der Waals surface area contributed by atoms with E-state index in [0.29, 0.717) is 22.5 Å². The summed E-state index contributed by atoms with van der Waals surface area (Å²) in [6, 6.07) is 6.94. The molecule has 5 nitrogen and oxygen atoms in total. The Kier molecular flexibility index (Phi) is 4.35. The topological polar surface area (TPSA) is 72.0 Å². The minimum absolute atomic E-state index is 0.0766. The molecule has 0 fully saturated rings. The molecule has 0 unspecified atom stereocenters. The van der Waals surface area contributed by atoms with Crippen LogP contribution in [0, 0.1) is 0 Å². The number of benzene rings is 1. The second kappa shape index (κ2) is 6.65. The molecule has 7 heteroatoms. The molecule has 3 heterocycles. The zero-order valence-corrected chi connectivity index (χ0v) is 15.3. The molecule has 1 N–H and O–H groups in total. The summed E-state index contributed by atoms with van der Waals surface area (Å²) in [6.07, 6.45) is 2.09. The molecule has 0 atom stereocenters. The van der Waals surface area contributed by atoms with Crippen molar-refractivity contribution in [1.82, 2.24) is 9.97 Å². The summed E-state index contributed by atoms with van der Waals surface area (Å²) in [6.45, 7) is 0. The van der Waals surface area contributed by atoms with E-state index >= 15 is 0 Å². The highest BCUT2D eigenvalue weighted by molar-refractivity contribution is 8.01. The number of hydrogen-bond acceptors (Lipinski definition) is 6. The molecule has 1 aliphatic rings. The lowest BCUT2D eigenvalue weighted by atomic mass is 10.1. The SMILES string of the molecule is COc1ccc(C(=O)Cc2nc3sc4c(c3c(=O)[nH]2)CCCS4)cc1. The minimum Gasteiger partial charge on any atom is -0.497 e. The highest BCUT2D eigenvalue weighted by Crippen LogP contribution is 2.39. The summed E-state index contributed by atoms with van der Waals surface area (Å²) in [7, 11) is 1.58. The summed E-state index contributed by atoms with van der Waals surface area (Å²) in [5.41, 5.74) is 1.56. The van der Waals surface area contributed by atoms with Crippen LogP contribution < -0.4 is 10.3 Å². The van der Waals surface area contributed by atoms with Crippen LogP contribution in [0.4, 0.5) is 0 Å². The number of carbonyl (C=O) groups excluding carboxylic acids is 1. The number of Topliss-reactive ketones (excluding diaryl/α,β-unsaturated/α-hetero) is 1. The molecule has 25 heavy (non-hydrogen) atoms. The third kappa shape index (κ3) is 3.09. The molecule has 0 saturated carbocycles. The molecule has 1 aromatic carbocycles. The number of nitrogens with one attached hydrogen (secondary N) is 1. The smallest absolute Gasteiger partial charge is 0.259 e. The first kappa shape index (κ1) is 16.4. The van der Waals surface area contributed by atoms with E-state index < -0.39 is 0 Å². The average Bonchev–Trinajstić information content (AvgIpc) is 3.00. The number of H-pyrrole nitrogens is 1. The van der Waals surface area contributed by atoms with Crippen LogP contribution in [0.15, 0.2) is 33.3 Å². The van der Waals surface area contributed by atoms with Crippen molar-refractivity contribution in [2.45, 2.75) is 23.5 Å². The van der Waals surface area contributed by atoms with E-state index in [1.165, 1.54) is 4.21 Å². The lowest BCUT2D eigenvalue weighted by Gasteiger charge is -2.09. The van der Waals surface area contributed by atoms with Crippen molar-refractivity contribution in [3.8, 4) is 5.75 Å². The lowest BCUT2D eigenvalue weighted by molar-refractivity contribution is 0.0991. The maximum atomic E-state index is 12.5. The van der Waals surface area contributed by atoms with Crippen LogP contribution in [-0.4, -0.2) is 28.6 Å². The molecular formula is C18H16N2O3S2. The number of thiophene rings is 1. The maximum absolute atomic E-state index is 12.5. The van der Waals surface area contributed by atoms with Crippen molar-refractivity contribution in [2.75, 3.05) is 12.9 Å². The maximum Gasteiger partial charge on any atom is 0.259 e. The summed E-state index contributed by atoms with van der Waals surface area (Å²) in [5, 5.41) is 0.702. The minimum atomic E-state index is -0.137. The number of fused-ring (bicyclic) bond motifs is 3. The van der Waals surface area contributed by atoms with Gasteiger partial charge in [-0.3, -0.25) is 9.59 Å². The van der Waals surface area contributed by atoms with Crippen LogP contribution in [0.25, 0.3) is 10.2 Å². The zero-order chi connectivity index (χ0) is 17.4. The number of nitrogens with zero attached hydrogens (tertiary/aromatic N) is 1. The standard InChI is InChI=1S/C18H16N2O3S2/c1-23-11-6-4-10(5-7-11)13(21)9-14-19-16(22)15-12-3-2-8-24-18(12)25-17(15)20-14/h4-7H,2-3,8-9H2,1H3,(H,19,20,22). The van der Waals surface area contributed by atoms with E-state index in [1.54, 1.807) is 54.5 Å². The van der Waals surface area contributed by atoms with E-state index in [9.17, 15) is 9.59 Å². The molecule has 0 aliphatic carbocycles. The molecule has 1 aliphatic heterocycles. The van der Waals surface area contributed by atoms with Gasteiger partial charge in [0.1, 0.15) is 16.4 Å². The zero-order valence-electron chi connectivity index (χ0n) is 13.6. The summed E-state index contributed by atoms with van der Waals surface area (Å²) in [4.78, 5) is 33.0. The number of carbonyl (C=O) groups is 1. The Bertz CT molecular complexity index is 1010. The quantitative estimate of drug-likeness (QED) is 0.710. The number of ketones is 1. The Morgan fingerprint density at radius 1 is 1.32 bits per heavy atom. The molecule has 4 rings (SSSR count). The first-order chi connectivity index (χ1) is 12.2. The Balaban J connectivity index is 1.65. The molecule has 0 spiro atoms. The average molecular weight is 372 g/mol. The first-order valence-electron chi connectivity index (χ1n) is 8.00. The third-order valence-electron chi connectivity index (χ3n) is 4.22. The molecule has 0 bridgehead atoms. The van der Waals surface area contributed by atoms with Crippen molar-refractivity contribution >= 4 is 39.1 Å². The van der Waals surface area contributed by atoms with Crippen molar-refractivity contribution in [1.29, 1.82) is 0 Å². The Labute approximate surface area is 152 Å². The second-order valence-corrected chi connectivity index (χ2v) is 8.20. The number of hydrogen-bond donors (Lipinski definition) is 1. The van der Waals surface area contributed by atoms with Crippen LogP contribution in [0.1, 0.15) is 28.2 Å². The lowest BCUT2D eigenvalue weighted by Crippen LogP contribution is -2.15. The van der Waals surface area contributed by atoms with Crippen molar-refractivity contribution < 1.29 is 9.53 Å². The molecule has 0 amide bonds. The molecular weight excluding hydrogens is 356 g/mol. The van der Waals surface area contributed by atoms with Gasteiger partial charge in [-0.25, -0.2) is 4.98 Å². The summed E-state index contributed by atoms with van der Waals surface area (Å²) >= 11 is 3.35. The van der Waals surface area contributed by atoms with Gasteiger partial charge in [0.25, 0.3) is 5.56 Å². The van der Waals surface area contributed by atoms with Gasteiger partial charge in [0.05, 0.1) is 23.1 Å². The van der Waals surface area contributed by atoms with Crippen LogP contribution >= 0.6 is 23.1 Å². The predicted molar refractivity (Wildman–Crippen MR) is 100 cm³/mol. The van der Waals surface area contributed by atoms with E-state index in [-0.39, 0.29) is 17.8 Å². The van der Waals surface area contributed by atoms with Gasteiger partial charge in [0.2, 0.25) is 0 Å². The van der Waals surface area contributed by atoms with Crippen LogP contribution in [0.3, 0.4) is 0 Å². The van der Waals surface area contributed by atoms with E-state index in [2.05, 4.69) is 9.97 Å². The number of rotatable bonds is 4. The van der Waals surface area contributed by atoms with Crippen LogP contribution in [0.2, 0.25) is 0 Å². The number of thioether (sulfide) groups is 1. The second-order valence-electron chi connectivity index (χ2n) is 5.84. The van der Waals surface area contributed by atoms with Crippen molar-refractivity contribution in [3.63, 3.8) is 0 Å².